The number of nitrogens with zero attached hydrogens (tertiary/aromatic N) is 1. The molecule has 4 rings (SSSR count). The van der Waals surface area contributed by atoms with Gasteiger partial charge in [-0.25, -0.2) is 4.79 Å². The Bertz CT molecular complexity index is 1050. The number of anilines is 1. The Kier molecular flexibility index (Phi) is 3.57. The van der Waals surface area contributed by atoms with Gasteiger partial charge in [0.2, 0.25) is 0 Å². The summed E-state index contributed by atoms with van der Waals surface area (Å²) < 4.78 is 11.6. The number of ether oxygens (including phenoxy) is 1. The quantitative estimate of drug-likeness (QED) is 0.619. The minimum atomic E-state index is -0.273. The van der Waals surface area contributed by atoms with Gasteiger partial charge in [0.25, 0.3) is 0 Å². The van der Waals surface area contributed by atoms with Crippen LogP contribution in [0.4, 0.5) is 5.69 Å². The molecule has 0 saturated heterocycles. The van der Waals surface area contributed by atoms with Gasteiger partial charge in [-0.3, -0.25) is 0 Å². The minimum absolute atomic E-state index is 0.273. The van der Waals surface area contributed by atoms with Gasteiger partial charge in [0.1, 0.15) is 11.3 Å². The average molecular weight is 335 g/mol. The Labute approximate surface area is 146 Å². The lowest BCUT2D eigenvalue weighted by molar-refractivity contribution is 0.287. The van der Waals surface area contributed by atoms with Gasteiger partial charge < -0.3 is 14.1 Å². The van der Waals surface area contributed by atoms with Crippen LogP contribution in [0.3, 0.4) is 0 Å². The summed E-state index contributed by atoms with van der Waals surface area (Å²) in [4.78, 5) is 14.3. The molecular weight excluding hydrogens is 314 g/mol. The lowest BCUT2D eigenvalue weighted by atomic mass is 9.99. The Balaban J connectivity index is 1.87. The van der Waals surface area contributed by atoms with Crippen LogP contribution in [-0.4, -0.2) is 6.73 Å². The Hall–Kier alpha value is -2.75. The zero-order chi connectivity index (χ0) is 17.7. The SMILES string of the molecule is Cc1ccccc1N1COc2c(cc3c(C)c(C)c(=O)oc3c2C)C1. The second kappa shape index (κ2) is 5.66. The number of hydrogen-bond acceptors (Lipinski definition) is 4. The van der Waals surface area contributed by atoms with E-state index in [0.717, 1.165) is 34.4 Å². The molecule has 4 heteroatoms. The smallest absolute Gasteiger partial charge is 0.339 e. The van der Waals surface area contributed by atoms with Crippen molar-refractivity contribution in [3.63, 3.8) is 0 Å². The lowest BCUT2D eigenvalue weighted by Gasteiger charge is -2.33. The maximum absolute atomic E-state index is 12.0. The zero-order valence-electron chi connectivity index (χ0n) is 15.0. The summed E-state index contributed by atoms with van der Waals surface area (Å²) in [6.45, 7) is 9.11. The van der Waals surface area contributed by atoms with Crippen molar-refractivity contribution >= 4 is 16.7 Å². The second-order valence-electron chi connectivity index (χ2n) is 6.76. The van der Waals surface area contributed by atoms with E-state index in [9.17, 15) is 4.79 Å². The van der Waals surface area contributed by atoms with Crippen molar-refractivity contribution in [2.45, 2.75) is 34.2 Å². The average Bonchev–Trinajstić information content (AvgIpc) is 2.61. The molecule has 1 aromatic heterocycles. The first-order valence-corrected chi connectivity index (χ1v) is 8.47. The van der Waals surface area contributed by atoms with Crippen LogP contribution in [0.25, 0.3) is 11.0 Å². The topological polar surface area (TPSA) is 42.7 Å². The molecule has 0 aliphatic carbocycles. The fraction of sp³-hybridized carbons (Fsp3) is 0.286. The fourth-order valence-electron chi connectivity index (χ4n) is 3.57. The van der Waals surface area contributed by atoms with Crippen LogP contribution in [-0.2, 0) is 6.54 Å². The van der Waals surface area contributed by atoms with Crippen molar-refractivity contribution in [1.29, 1.82) is 0 Å². The Morgan fingerprint density at radius 3 is 2.52 bits per heavy atom. The molecule has 0 saturated carbocycles. The second-order valence-corrected chi connectivity index (χ2v) is 6.76. The van der Waals surface area contributed by atoms with Gasteiger partial charge in [0.05, 0.1) is 0 Å². The van der Waals surface area contributed by atoms with Crippen LogP contribution in [0.1, 0.15) is 27.8 Å². The van der Waals surface area contributed by atoms with Crippen LogP contribution in [0.5, 0.6) is 5.75 Å². The predicted octanol–water partition coefficient (Wildman–Crippen LogP) is 4.38. The molecule has 3 aromatic rings. The van der Waals surface area contributed by atoms with E-state index in [2.05, 4.69) is 30.0 Å². The molecule has 2 heterocycles. The highest BCUT2D eigenvalue weighted by Crippen LogP contribution is 2.37. The van der Waals surface area contributed by atoms with Crippen LogP contribution in [0.15, 0.2) is 39.5 Å². The van der Waals surface area contributed by atoms with Gasteiger partial charge in [0.15, 0.2) is 6.73 Å². The molecule has 0 fully saturated rings. The van der Waals surface area contributed by atoms with Crippen LogP contribution in [0, 0.1) is 27.7 Å². The molecule has 1 aliphatic heterocycles. The van der Waals surface area contributed by atoms with E-state index >= 15 is 0 Å². The largest absolute Gasteiger partial charge is 0.472 e. The van der Waals surface area contributed by atoms with Crippen molar-refractivity contribution in [3.8, 4) is 5.75 Å². The van der Waals surface area contributed by atoms with Gasteiger partial charge in [0, 0.05) is 34.3 Å². The summed E-state index contributed by atoms with van der Waals surface area (Å²) in [6.07, 6.45) is 0. The van der Waals surface area contributed by atoms with Crippen LogP contribution < -0.4 is 15.3 Å². The van der Waals surface area contributed by atoms with E-state index in [-0.39, 0.29) is 5.63 Å². The van der Waals surface area contributed by atoms with Crippen LogP contribution >= 0.6 is 0 Å². The highest BCUT2D eigenvalue weighted by Gasteiger charge is 2.24. The molecule has 25 heavy (non-hydrogen) atoms. The number of aryl methyl sites for hydroxylation is 3. The standard InChI is InChI=1S/C21H21NO3/c1-12-7-5-6-8-18(12)22-10-16-9-17-13(2)14(3)21(23)25-20(17)15(4)19(16)24-11-22/h5-9H,10-11H2,1-4H3. The summed E-state index contributed by atoms with van der Waals surface area (Å²) >= 11 is 0. The summed E-state index contributed by atoms with van der Waals surface area (Å²) in [5.74, 6) is 0.837. The maximum atomic E-state index is 12.0. The van der Waals surface area contributed by atoms with E-state index in [1.807, 2.05) is 32.9 Å². The van der Waals surface area contributed by atoms with E-state index in [0.29, 0.717) is 17.9 Å². The van der Waals surface area contributed by atoms with Gasteiger partial charge in [-0.1, -0.05) is 18.2 Å². The molecule has 2 aromatic carbocycles. The van der Waals surface area contributed by atoms with E-state index in [1.165, 1.54) is 11.3 Å². The molecule has 0 N–H and O–H groups in total. The van der Waals surface area contributed by atoms with Gasteiger partial charge >= 0.3 is 5.63 Å². The van der Waals surface area contributed by atoms with Crippen molar-refractivity contribution in [2.24, 2.45) is 0 Å². The third-order valence-corrected chi connectivity index (χ3v) is 5.19. The molecule has 0 unspecified atom stereocenters. The van der Waals surface area contributed by atoms with Gasteiger partial charge in [-0.2, -0.15) is 0 Å². The first-order chi connectivity index (χ1) is 12.0. The van der Waals surface area contributed by atoms with E-state index < -0.39 is 0 Å². The molecule has 0 radical (unpaired) electrons. The van der Waals surface area contributed by atoms with Crippen molar-refractivity contribution in [1.82, 2.24) is 0 Å². The van der Waals surface area contributed by atoms with Crippen LogP contribution in [0.2, 0.25) is 0 Å². The monoisotopic (exact) mass is 335 g/mol. The van der Waals surface area contributed by atoms with Crippen molar-refractivity contribution in [3.05, 3.63) is 68.6 Å². The number of rotatable bonds is 1. The predicted molar refractivity (Wildman–Crippen MR) is 99.6 cm³/mol. The summed E-state index contributed by atoms with van der Waals surface area (Å²) in [5, 5.41) is 0.989. The summed E-state index contributed by atoms with van der Waals surface area (Å²) in [6, 6.07) is 10.4. The van der Waals surface area contributed by atoms with E-state index in [4.69, 9.17) is 9.15 Å². The highest BCUT2D eigenvalue weighted by atomic mass is 16.5. The van der Waals surface area contributed by atoms with Gasteiger partial charge in [-0.15, -0.1) is 0 Å². The molecule has 4 nitrogen and oxygen atoms in total. The van der Waals surface area contributed by atoms with Gasteiger partial charge in [-0.05, 0) is 51.0 Å². The Morgan fingerprint density at radius 1 is 1.00 bits per heavy atom. The Morgan fingerprint density at radius 2 is 1.76 bits per heavy atom. The molecular formula is C21H21NO3. The van der Waals surface area contributed by atoms with Crippen molar-refractivity contribution < 1.29 is 9.15 Å². The maximum Gasteiger partial charge on any atom is 0.339 e. The van der Waals surface area contributed by atoms with E-state index in [1.54, 1.807) is 0 Å². The molecule has 0 amide bonds. The third kappa shape index (κ3) is 2.40. The first kappa shape index (κ1) is 15.8. The third-order valence-electron chi connectivity index (χ3n) is 5.19. The highest BCUT2D eigenvalue weighted by molar-refractivity contribution is 5.87. The zero-order valence-corrected chi connectivity index (χ0v) is 15.0. The summed E-state index contributed by atoms with van der Waals surface area (Å²) in [5.41, 5.74) is 6.43. The van der Waals surface area contributed by atoms with Crippen molar-refractivity contribution in [2.75, 3.05) is 11.6 Å². The lowest BCUT2D eigenvalue weighted by Crippen LogP contribution is -2.32. The normalized spacial score (nSPS) is 13.7. The molecule has 0 bridgehead atoms. The molecule has 1 aliphatic rings. The molecule has 128 valence electrons. The molecule has 0 spiro atoms. The summed E-state index contributed by atoms with van der Waals surface area (Å²) in [7, 11) is 0. The fourth-order valence-corrected chi connectivity index (χ4v) is 3.57. The first-order valence-electron chi connectivity index (χ1n) is 8.47. The molecule has 0 atom stereocenters. The number of benzene rings is 2. The number of para-hydroxylation sites is 1. The number of fused-ring (bicyclic) bond motifs is 2. The number of hydrogen-bond donors (Lipinski definition) is 0. The minimum Gasteiger partial charge on any atom is -0.472 e.